The Hall–Kier alpha value is -2.68. The van der Waals surface area contributed by atoms with Gasteiger partial charge in [-0.1, -0.05) is 6.92 Å². The summed E-state index contributed by atoms with van der Waals surface area (Å²) in [6.45, 7) is 4.52. The summed E-state index contributed by atoms with van der Waals surface area (Å²) < 4.78 is 24.7. The second-order valence-electron chi connectivity index (χ2n) is 6.72. The lowest BCUT2D eigenvalue weighted by Crippen LogP contribution is -2.31. The lowest BCUT2D eigenvalue weighted by atomic mass is 9.90. The van der Waals surface area contributed by atoms with Crippen molar-refractivity contribution in [2.75, 3.05) is 24.5 Å². The second kappa shape index (κ2) is 7.28. The zero-order chi connectivity index (χ0) is 18.7. The molecule has 138 valence electrons. The van der Waals surface area contributed by atoms with Crippen LogP contribution in [-0.2, 0) is 0 Å². The molecule has 3 heterocycles. The standard InChI is InChI=1S/C17H21F2N7/c1-17(8-20)4-5-26(9-17)15-6-12(23-10-24-15)13-7-22-14(25-13)3-2-11(21)16(18)19/h2-3,6-7,10,16,21H,4-5,8-9,20H2,1H3,(H,22,25)/b3-2-,21-11?. The van der Waals surface area contributed by atoms with Crippen LogP contribution >= 0.6 is 0 Å². The van der Waals surface area contributed by atoms with Crippen LogP contribution in [0.3, 0.4) is 0 Å². The van der Waals surface area contributed by atoms with E-state index in [0.717, 1.165) is 31.4 Å². The molecule has 1 aliphatic rings. The molecule has 1 atom stereocenters. The smallest absolute Gasteiger partial charge is 0.279 e. The number of nitrogens with one attached hydrogen (secondary N) is 2. The molecule has 1 fully saturated rings. The van der Waals surface area contributed by atoms with Crippen molar-refractivity contribution >= 4 is 17.6 Å². The number of allylic oxidation sites excluding steroid dienone is 1. The third-order valence-electron chi connectivity index (χ3n) is 4.55. The fourth-order valence-corrected chi connectivity index (χ4v) is 2.85. The van der Waals surface area contributed by atoms with Crippen LogP contribution in [-0.4, -0.2) is 51.7 Å². The van der Waals surface area contributed by atoms with Gasteiger partial charge in [-0.25, -0.2) is 23.7 Å². The third-order valence-corrected chi connectivity index (χ3v) is 4.55. The zero-order valence-corrected chi connectivity index (χ0v) is 14.4. The molecule has 0 spiro atoms. The van der Waals surface area contributed by atoms with E-state index in [1.165, 1.54) is 12.4 Å². The minimum absolute atomic E-state index is 0.0895. The lowest BCUT2D eigenvalue weighted by Gasteiger charge is -2.23. The van der Waals surface area contributed by atoms with Crippen molar-refractivity contribution in [1.82, 2.24) is 19.9 Å². The molecule has 0 aromatic carbocycles. The number of halogens is 2. The lowest BCUT2D eigenvalue weighted by molar-refractivity contribution is 0.226. The number of alkyl halides is 2. The van der Waals surface area contributed by atoms with Crippen molar-refractivity contribution < 1.29 is 8.78 Å². The summed E-state index contributed by atoms with van der Waals surface area (Å²) in [7, 11) is 0. The Morgan fingerprint density at radius 1 is 1.46 bits per heavy atom. The summed E-state index contributed by atoms with van der Waals surface area (Å²) in [5.41, 5.74) is 6.50. The number of nitrogens with zero attached hydrogens (tertiary/aromatic N) is 4. The van der Waals surface area contributed by atoms with Gasteiger partial charge in [0.1, 0.15) is 18.0 Å². The molecule has 0 saturated carbocycles. The molecule has 0 amide bonds. The number of aromatic nitrogens is 4. The predicted molar refractivity (Wildman–Crippen MR) is 96.4 cm³/mol. The van der Waals surface area contributed by atoms with E-state index in [2.05, 4.69) is 31.8 Å². The maximum atomic E-state index is 12.3. The van der Waals surface area contributed by atoms with Gasteiger partial charge in [0.25, 0.3) is 6.43 Å². The van der Waals surface area contributed by atoms with E-state index in [0.29, 0.717) is 23.8 Å². The van der Waals surface area contributed by atoms with E-state index in [4.69, 9.17) is 11.1 Å². The highest BCUT2D eigenvalue weighted by Gasteiger charge is 2.33. The summed E-state index contributed by atoms with van der Waals surface area (Å²) in [5.74, 6) is 1.20. The maximum absolute atomic E-state index is 12.3. The highest BCUT2D eigenvalue weighted by molar-refractivity contribution is 5.97. The summed E-state index contributed by atoms with van der Waals surface area (Å²) >= 11 is 0. The van der Waals surface area contributed by atoms with Crippen molar-refractivity contribution in [3.63, 3.8) is 0 Å². The fourth-order valence-electron chi connectivity index (χ4n) is 2.85. The largest absolute Gasteiger partial charge is 0.356 e. The van der Waals surface area contributed by atoms with Crippen molar-refractivity contribution in [3.8, 4) is 11.4 Å². The van der Waals surface area contributed by atoms with E-state index in [-0.39, 0.29) is 5.41 Å². The molecule has 4 N–H and O–H groups in total. The summed E-state index contributed by atoms with van der Waals surface area (Å²) in [5, 5.41) is 7.12. The van der Waals surface area contributed by atoms with Crippen LogP contribution in [0, 0.1) is 10.8 Å². The van der Waals surface area contributed by atoms with Crippen LogP contribution in [0.15, 0.2) is 24.7 Å². The van der Waals surface area contributed by atoms with Crippen molar-refractivity contribution in [2.24, 2.45) is 11.1 Å². The van der Waals surface area contributed by atoms with Gasteiger partial charge in [-0.3, -0.25) is 5.41 Å². The highest BCUT2D eigenvalue weighted by atomic mass is 19.3. The average molecular weight is 361 g/mol. The predicted octanol–water partition coefficient (Wildman–Crippen LogP) is 2.34. The van der Waals surface area contributed by atoms with Crippen molar-refractivity contribution in [1.29, 1.82) is 5.41 Å². The molecule has 0 aliphatic carbocycles. The first-order valence-corrected chi connectivity index (χ1v) is 8.27. The van der Waals surface area contributed by atoms with Crippen molar-refractivity contribution in [2.45, 2.75) is 19.8 Å². The van der Waals surface area contributed by atoms with Crippen LogP contribution in [0.5, 0.6) is 0 Å². The molecular weight excluding hydrogens is 340 g/mol. The van der Waals surface area contributed by atoms with Crippen LogP contribution in [0.2, 0.25) is 0 Å². The van der Waals surface area contributed by atoms with Gasteiger partial charge < -0.3 is 15.6 Å². The number of hydrogen-bond donors (Lipinski definition) is 3. The number of H-pyrrole nitrogens is 1. The Kier molecular flexibility index (Phi) is 5.08. The van der Waals surface area contributed by atoms with Gasteiger partial charge in [0.2, 0.25) is 0 Å². The topological polar surface area (TPSA) is 108 Å². The van der Waals surface area contributed by atoms with Gasteiger partial charge in [0.05, 0.1) is 23.3 Å². The van der Waals surface area contributed by atoms with E-state index in [1.54, 1.807) is 6.20 Å². The number of rotatable bonds is 6. The molecule has 9 heteroatoms. The van der Waals surface area contributed by atoms with Crippen molar-refractivity contribution in [3.05, 3.63) is 30.5 Å². The molecule has 26 heavy (non-hydrogen) atoms. The molecule has 2 aromatic heterocycles. The normalized spacial score (nSPS) is 20.4. The van der Waals surface area contributed by atoms with Crippen LogP contribution in [0.4, 0.5) is 14.6 Å². The van der Waals surface area contributed by atoms with Crippen LogP contribution in [0.1, 0.15) is 19.2 Å². The number of nitrogens with two attached hydrogens (primary N) is 1. The highest BCUT2D eigenvalue weighted by Crippen LogP contribution is 2.32. The average Bonchev–Trinajstić information content (AvgIpc) is 3.27. The first-order valence-electron chi connectivity index (χ1n) is 8.27. The molecule has 0 radical (unpaired) electrons. The Balaban J connectivity index is 1.76. The summed E-state index contributed by atoms with van der Waals surface area (Å²) in [6, 6.07) is 1.87. The van der Waals surface area contributed by atoms with Gasteiger partial charge in [-0.05, 0) is 30.5 Å². The third kappa shape index (κ3) is 3.93. The van der Waals surface area contributed by atoms with Gasteiger partial charge in [-0.2, -0.15) is 0 Å². The fraction of sp³-hybridized carbons (Fsp3) is 0.412. The molecule has 1 unspecified atom stereocenters. The summed E-state index contributed by atoms with van der Waals surface area (Å²) in [4.78, 5) is 17.9. The molecule has 2 aromatic rings. The number of aromatic amines is 1. The second-order valence-corrected chi connectivity index (χ2v) is 6.72. The number of anilines is 1. The Labute approximate surface area is 149 Å². The number of imidazole rings is 1. The van der Waals surface area contributed by atoms with Crippen LogP contribution in [0.25, 0.3) is 17.5 Å². The summed E-state index contributed by atoms with van der Waals surface area (Å²) in [6.07, 6.45) is 3.64. The quantitative estimate of drug-likeness (QED) is 0.685. The van der Waals surface area contributed by atoms with E-state index < -0.39 is 12.1 Å². The van der Waals surface area contributed by atoms with Gasteiger partial charge >= 0.3 is 0 Å². The van der Waals surface area contributed by atoms with Gasteiger partial charge in [0, 0.05) is 19.2 Å². The minimum atomic E-state index is -2.80. The molecule has 1 saturated heterocycles. The maximum Gasteiger partial charge on any atom is 0.279 e. The molecular formula is C17H21F2N7. The van der Waals surface area contributed by atoms with Crippen LogP contribution < -0.4 is 10.6 Å². The first-order chi connectivity index (χ1) is 12.4. The first kappa shape index (κ1) is 18.1. The SMILES string of the molecule is CC1(CN)CCN(c2cc(-c3cnc(/C=C\C(=N)C(F)F)[nH]3)ncn2)C1. The molecule has 7 nitrogen and oxygen atoms in total. The van der Waals surface area contributed by atoms with E-state index >= 15 is 0 Å². The number of hydrogen-bond acceptors (Lipinski definition) is 6. The molecule has 1 aliphatic heterocycles. The molecule has 3 rings (SSSR count). The molecule has 0 bridgehead atoms. The van der Waals surface area contributed by atoms with E-state index in [1.807, 2.05) is 6.07 Å². The monoisotopic (exact) mass is 361 g/mol. The van der Waals surface area contributed by atoms with Gasteiger partial charge in [0.15, 0.2) is 0 Å². The van der Waals surface area contributed by atoms with E-state index in [9.17, 15) is 8.78 Å². The minimum Gasteiger partial charge on any atom is -0.356 e. The Morgan fingerprint density at radius 3 is 2.96 bits per heavy atom. The Morgan fingerprint density at radius 2 is 2.27 bits per heavy atom. The zero-order valence-electron chi connectivity index (χ0n) is 14.4. The van der Waals surface area contributed by atoms with Gasteiger partial charge in [-0.15, -0.1) is 0 Å². The Bertz CT molecular complexity index is 817.